The zero-order chi connectivity index (χ0) is 34.5. The van der Waals surface area contributed by atoms with Crippen LogP contribution in [0.5, 0.6) is 28.7 Å². The highest BCUT2D eigenvalue weighted by Gasteiger charge is 2.34. The molecule has 0 fully saturated rings. The number of esters is 1. The minimum absolute atomic E-state index is 0.143. The second kappa shape index (κ2) is 15.2. The van der Waals surface area contributed by atoms with E-state index in [0.29, 0.717) is 71.6 Å². The zero-order valence-electron chi connectivity index (χ0n) is 27.2. The third kappa shape index (κ3) is 7.03. The van der Waals surface area contributed by atoms with E-state index in [9.17, 15) is 9.59 Å². The first kappa shape index (κ1) is 34.9. The molecule has 0 radical (unpaired) electrons. The van der Waals surface area contributed by atoms with Gasteiger partial charge in [-0.2, -0.15) is 0 Å². The lowest BCUT2D eigenvalue weighted by molar-refractivity contribution is -0.139. The number of hydrogen-bond acceptors (Lipinski definition) is 10. The van der Waals surface area contributed by atoms with Gasteiger partial charge in [-0.05, 0) is 79.9 Å². The molecule has 0 bridgehead atoms. The summed E-state index contributed by atoms with van der Waals surface area (Å²) >= 11 is 13.9. The van der Waals surface area contributed by atoms with Gasteiger partial charge in [-0.3, -0.25) is 9.36 Å². The lowest BCUT2D eigenvalue weighted by atomic mass is 9.95. The molecule has 3 aromatic carbocycles. The highest BCUT2D eigenvalue weighted by atomic mass is 35.5. The standard InChI is InChI=1S/C35H34Cl2N2O8S/c1-7-45-27-14-21(13-24(37)31(27)47-18-20-9-11-23(36)12-10-20)15-28-33(40)39-30(22-16-25(42-4)32(44-6)26(17-22)43-5)29(34(41)46-8-2)19(3)38-35(39)48-28/h9-17,30H,7-8,18H2,1-6H3/b28-15-/t30-/m1/s1. The molecule has 2 heterocycles. The Hall–Kier alpha value is -4.45. The summed E-state index contributed by atoms with van der Waals surface area (Å²) in [4.78, 5) is 32.7. The first-order valence-corrected chi connectivity index (χ1v) is 16.5. The van der Waals surface area contributed by atoms with Crippen LogP contribution in [-0.2, 0) is 16.1 Å². The Labute approximate surface area is 291 Å². The highest BCUT2D eigenvalue weighted by Crippen LogP contribution is 2.42. The fraction of sp³-hybridized carbons (Fsp3) is 0.286. The zero-order valence-corrected chi connectivity index (χ0v) is 29.5. The van der Waals surface area contributed by atoms with Gasteiger partial charge in [-0.25, -0.2) is 9.79 Å². The van der Waals surface area contributed by atoms with Crippen LogP contribution in [0.3, 0.4) is 0 Å². The second-order valence-electron chi connectivity index (χ2n) is 10.4. The number of carbonyl (C=O) groups is 1. The van der Waals surface area contributed by atoms with Gasteiger partial charge in [0.1, 0.15) is 6.61 Å². The van der Waals surface area contributed by atoms with E-state index in [1.165, 1.54) is 37.2 Å². The van der Waals surface area contributed by atoms with E-state index < -0.39 is 12.0 Å². The molecule has 1 atom stereocenters. The van der Waals surface area contributed by atoms with Gasteiger partial charge < -0.3 is 28.4 Å². The number of thiazole rings is 1. The largest absolute Gasteiger partial charge is 0.493 e. The first-order valence-electron chi connectivity index (χ1n) is 15.0. The van der Waals surface area contributed by atoms with Crippen molar-refractivity contribution in [1.29, 1.82) is 0 Å². The maximum atomic E-state index is 14.2. The third-order valence-corrected chi connectivity index (χ3v) is 8.96. The molecule has 252 valence electrons. The van der Waals surface area contributed by atoms with Crippen molar-refractivity contribution in [3.63, 3.8) is 0 Å². The van der Waals surface area contributed by atoms with Gasteiger partial charge >= 0.3 is 5.97 Å². The smallest absolute Gasteiger partial charge is 0.338 e. The van der Waals surface area contributed by atoms with Gasteiger partial charge in [0.25, 0.3) is 5.56 Å². The van der Waals surface area contributed by atoms with Crippen molar-refractivity contribution < 1.29 is 33.2 Å². The van der Waals surface area contributed by atoms with Crippen LogP contribution in [0.25, 0.3) is 6.08 Å². The maximum Gasteiger partial charge on any atom is 0.338 e. The number of nitrogens with zero attached hydrogens (tertiary/aromatic N) is 2. The number of halogens is 2. The van der Waals surface area contributed by atoms with E-state index in [-0.39, 0.29) is 24.3 Å². The van der Waals surface area contributed by atoms with Crippen molar-refractivity contribution >= 4 is 46.6 Å². The van der Waals surface area contributed by atoms with Crippen LogP contribution in [0.1, 0.15) is 43.5 Å². The number of ether oxygens (including phenoxy) is 6. The lowest BCUT2D eigenvalue weighted by Crippen LogP contribution is -2.40. The summed E-state index contributed by atoms with van der Waals surface area (Å²) in [7, 11) is 4.49. The molecule has 0 aliphatic carbocycles. The van der Waals surface area contributed by atoms with Crippen LogP contribution in [0.2, 0.25) is 10.0 Å². The molecule has 1 aliphatic heterocycles. The van der Waals surface area contributed by atoms with Crippen LogP contribution in [0.4, 0.5) is 0 Å². The monoisotopic (exact) mass is 712 g/mol. The maximum absolute atomic E-state index is 14.2. The van der Waals surface area contributed by atoms with Crippen LogP contribution in [-0.4, -0.2) is 45.1 Å². The minimum atomic E-state index is -0.901. The number of methoxy groups -OCH3 is 3. The predicted molar refractivity (Wildman–Crippen MR) is 185 cm³/mol. The molecule has 0 amide bonds. The number of fused-ring (bicyclic) bond motifs is 1. The van der Waals surface area contributed by atoms with E-state index >= 15 is 0 Å². The molecule has 0 spiro atoms. The fourth-order valence-corrected chi connectivity index (χ4v) is 6.77. The number of rotatable bonds is 12. The number of benzene rings is 3. The molecule has 0 unspecified atom stereocenters. The van der Waals surface area contributed by atoms with Gasteiger partial charge in [0, 0.05) is 5.02 Å². The van der Waals surface area contributed by atoms with E-state index in [0.717, 1.165) is 5.56 Å². The summed E-state index contributed by atoms with van der Waals surface area (Å²) in [6.07, 6.45) is 1.71. The molecular weight excluding hydrogens is 679 g/mol. The summed E-state index contributed by atoms with van der Waals surface area (Å²) in [5, 5.41) is 0.938. The van der Waals surface area contributed by atoms with Crippen molar-refractivity contribution in [3.05, 3.63) is 106 Å². The number of aromatic nitrogens is 1. The molecule has 0 saturated heterocycles. The molecular formula is C35H34Cl2N2O8S. The molecule has 4 aromatic rings. The van der Waals surface area contributed by atoms with Crippen LogP contribution in [0.15, 0.2) is 69.6 Å². The van der Waals surface area contributed by atoms with Gasteiger partial charge in [0.15, 0.2) is 27.8 Å². The minimum Gasteiger partial charge on any atom is -0.493 e. The average molecular weight is 714 g/mol. The van der Waals surface area contributed by atoms with Crippen molar-refractivity contribution in [2.24, 2.45) is 4.99 Å². The second-order valence-corrected chi connectivity index (χ2v) is 12.3. The summed E-state index contributed by atoms with van der Waals surface area (Å²) in [6.45, 7) is 6.04. The average Bonchev–Trinajstić information content (AvgIpc) is 3.37. The molecule has 5 rings (SSSR count). The van der Waals surface area contributed by atoms with E-state index in [2.05, 4.69) is 4.99 Å². The molecule has 0 N–H and O–H groups in total. The van der Waals surface area contributed by atoms with Crippen LogP contribution < -0.4 is 38.6 Å². The van der Waals surface area contributed by atoms with Gasteiger partial charge in [-0.1, -0.05) is 46.7 Å². The van der Waals surface area contributed by atoms with Crippen molar-refractivity contribution in [1.82, 2.24) is 4.57 Å². The summed E-state index contributed by atoms with van der Waals surface area (Å²) in [5.41, 5.74) is 2.32. The summed E-state index contributed by atoms with van der Waals surface area (Å²) in [5.74, 6) is 1.32. The SMILES string of the molecule is CCOC(=O)C1=C(C)N=c2s/c(=C\c3cc(Cl)c(OCc4ccc(Cl)cc4)c(OCC)c3)c(=O)n2[C@@H]1c1cc(OC)c(OC)c(OC)c1. The Balaban J connectivity index is 1.64. The highest BCUT2D eigenvalue weighted by molar-refractivity contribution is 7.07. The first-order chi connectivity index (χ1) is 23.1. The van der Waals surface area contributed by atoms with E-state index in [4.69, 9.17) is 51.6 Å². The molecule has 1 aromatic heterocycles. The quantitative estimate of drug-likeness (QED) is 0.162. The van der Waals surface area contributed by atoms with E-state index in [1.807, 2.05) is 19.1 Å². The molecule has 48 heavy (non-hydrogen) atoms. The number of allylic oxidation sites excluding steroid dienone is 1. The Morgan fingerprint density at radius 2 is 1.60 bits per heavy atom. The fourth-order valence-electron chi connectivity index (χ4n) is 5.33. The lowest BCUT2D eigenvalue weighted by Gasteiger charge is -2.26. The molecule has 10 nitrogen and oxygen atoms in total. The summed E-state index contributed by atoms with van der Waals surface area (Å²) < 4.78 is 35.9. The van der Waals surface area contributed by atoms with Gasteiger partial charge in [0.2, 0.25) is 5.75 Å². The number of hydrogen-bond donors (Lipinski definition) is 0. The topological polar surface area (TPSA) is 107 Å². The Bertz CT molecular complexity index is 2030. The molecule has 13 heteroatoms. The molecule has 0 saturated carbocycles. The number of carbonyl (C=O) groups excluding carboxylic acids is 1. The van der Waals surface area contributed by atoms with Gasteiger partial charge in [-0.15, -0.1) is 0 Å². The van der Waals surface area contributed by atoms with Crippen molar-refractivity contribution in [2.45, 2.75) is 33.4 Å². The van der Waals surface area contributed by atoms with Gasteiger partial charge in [0.05, 0.1) is 61.4 Å². The van der Waals surface area contributed by atoms with E-state index in [1.54, 1.807) is 56.3 Å². The van der Waals surface area contributed by atoms with Crippen LogP contribution in [0, 0.1) is 0 Å². The third-order valence-electron chi connectivity index (χ3n) is 7.45. The normalized spacial score (nSPS) is 14.2. The Morgan fingerprint density at radius 1 is 0.917 bits per heavy atom. The predicted octanol–water partition coefficient (Wildman–Crippen LogP) is 6.11. The van der Waals surface area contributed by atoms with Crippen LogP contribution >= 0.6 is 34.5 Å². The summed E-state index contributed by atoms with van der Waals surface area (Å²) in [6, 6.07) is 13.3. The Kier molecular flexibility index (Phi) is 11.0. The Morgan fingerprint density at radius 3 is 2.21 bits per heavy atom. The van der Waals surface area contributed by atoms with Crippen molar-refractivity contribution in [3.8, 4) is 28.7 Å². The van der Waals surface area contributed by atoms with Crippen molar-refractivity contribution in [2.75, 3.05) is 34.5 Å². The molecule has 1 aliphatic rings.